The van der Waals surface area contributed by atoms with E-state index in [0.717, 1.165) is 3.97 Å². The van der Waals surface area contributed by atoms with Crippen molar-refractivity contribution in [3.63, 3.8) is 0 Å². The first-order chi connectivity index (χ1) is 20.2. The van der Waals surface area contributed by atoms with Crippen molar-refractivity contribution >= 4 is 54.1 Å². The molecule has 226 valence electrons. The van der Waals surface area contributed by atoms with Crippen molar-refractivity contribution in [3.8, 4) is 11.3 Å². The Morgan fingerprint density at radius 3 is 2.44 bits per heavy atom. The highest BCUT2D eigenvalue weighted by Crippen LogP contribution is 2.44. The van der Waals surface area contributed by atoms with E-state index in [1.807, 2.05) is 0 Å². The number of carbonyl (C=O) groups excluding carboxylic acids is 1. The number of hydrogen-bond acceptors (Lipinski definition) is 7. The molecule has 4 aromatic heterocycles. The SMILES string of the molecule is Cn1cc(-c2c(Br)c3c(ncc4c3n(C3CC(NC(=O)OC(C)(C)C)C3)c(=O)n4C)n2S(=O)(=O)c2ccccc2)c(F)n1. The molecule has 12 nitrogen and oxygen atoms in total. The summed E-state index contributed by atoms with van der Waals surface area (Å²) in [5, 5.41) is 6.96. The summed E-state index contributed by atoms with van der Waals surface area (Å²) in [6, 6.07) is 7.25. The lowest BCUT2D eigenvalue weighted by atomic mass is 9.86. The second kappa shape index (κ2) is 10.0. The first-order valence-electron chi connectivity index (χ1n) is 13.5. The van der Waals surface area contributed by atoms with Crippen molar-refractivity contribution in [1.29, 1.82) is 0 Å². The van der Waals surface area contributed by atoms with Crippen LogP contribution in [0, 0.1) is 5.95 Å². The van der Waals surface area contributed by atoms with E-state index in [1.54, 1.807) is 50.6 Å². The van der Waals surface area contributed by atoms with E-state index in [9.17, 15) is 18.0 Å². The Balaban J connectivity index is 1.56. The van der Waals surface area contributed by atoms with E-state index in [-0.39, 0.29) is 44.0 Å². The number of pyridine rings is 1. The number of ether oxygens (including phenoxy) is 1. The molecule has 1 aliphatic rings. The number of rotatable bonds is 5. The molecular formula is C28H29BrFN7O5S. The van der Waals surface area contributed by atoms with Crippen LogP contribution >= 0.6 is 15.9 Å². The number of aryl methyl sites for hydroxylation is 2. The van der Waals surface area contributed by atoms with Gasteiger partial charge in [0.1, 0.15) is 5.60 Å². The molecule has 15 heteroatoms. The molecule has 0 bridgehead atoms. The molecule has 0 unspecified atom stereocenters. The van der Waals surface area contributed by atoms with Gasteiger partial charge in [0.05, 0.1) is 43.2 Å². The number of benzene rings is 1. The maximum Gasteiger partial charge on any atom is 0.407 e. The van der Waals surface area contributed by atoms with Crippen LogP contribution < -0.4 is 11.0 Å². The third-order valence-electron chi connectivity index (χ3n) is 7.45. The van der Waals surface area contributed by atoms with E-state index in [0.29, 0.717) is 29.3 Å². The van der Waals surface area contributed by atoms with E-state index in [4.69, 9.17) is 4.74 Å². The summed E-state index contributed by atoms with van der Waals surface area (Å²) in [4.78, 5) is 30.4. The van der Waals surface area contributed by atoms with Gasteiger partial charge < -0.3 is 10.1 Å². The van der Waals surface area contributed by atoms with Crippen molar-refractivity contribution < 1.29 is 22.3 Å². The standard InChI is InChI=1S/C28H29BrFN7O5S/c1-28(2,3)42-26(38)32-15-11-16(12-15)36-23-19(35(5)27(36)39)13-31-25-20(23)21(29)22(18-14-34(4)33-24(18)30)37(25)43(40,41)17-9-7-6-8-10-17/h6-10,13-16H,11-12H2,1-5H3,(H,32,38). The number of imidazole rings is 1. The predicted octanol–water partition coefficient (Wildman–Crippen LogP) is 4.46. The number of hydrogen-bond donors (Lipinski definition) is 1. The zero-order chi connectivity index (χ0) is 31.0. The Kier molecular flexibility index (Phi) is 6.80. The zero-order valence-electron chi connectivity index (χ0n) is 24.0. The highest BCUT2D eigenvalue weighted by atomic mass is 79.9. The van der Waals surface area contributed by atoms with E-state index in [1.165, 1.54) is 40.8 Å². The second-order valence-corrected chi connectivity index (χ2v) is 14.2. The molecule has 1 fully saturated rings. The smallest absolute Gasteiger partial charge is 0.407 e. The molecule has 0 saturated heterocycles. The van der Waals surface area contributed by atoms with Gasteiger partial charge in [0.15, 0.2) is 5.65 Å². The molecule has 1 saturated carbocycles. The Morgan fingerprint density at radius 2 is 1.84 bits per heavy atom. The number of aromatic nitrogens is 6. The normalized spacial score (nSPS) is 17.4. The van der Waals surface area contributed by atoms with Crippen LogP contribution in [0.5, 0.6) is 0 Å². The van der Waals surface area contributed by atoms with Crippen LogP contribution in [0.2, 0.25) is 0 Å². The molecule has 1 amide bonds. The highest BCUT2D eigenvalue weighted by Gasteiger charge is 2.38. The number of nitrogens with one attached hydrogen (secondary N) is 1. The zero-order valence-corrected chi connectivity index (χ0v) is 26.4. The van der Waals surface area contributed by atoms with Gasteiger partial charge in [-0.15, -0.1) is 5.10 Å². The van der Waals surface area contributed by atoms with E-state index < -0.39 is 27.7 Å². The van der Waals surface area contributed by atoms with Crippen LogP contribution in [-0.4, -0.2) is 54.0 Å². The topological polar surface area (TPSA) is 135 Å². The van der Waals surface area contributed by atoms with Crippen molar-refractivity contribution in [1.82, 2.24) is 33.2 Å². The third-order valence-corrected chi connectivity index (χ3v) is 9.93. The fraction of sp³-hybridized carbons (Fsp3) is 0.357. The molecule has 5 aromatic rings. The van der Waals surface area contributed by atoms with Gasteiger partial charge >= 0.3 is 11.8 Å². The van der Waals surface area contributed by atoms with Crippen LogP contribution in [-0.2, 0) is 28.9 Å². The van der Waals surface area contributed by atoms with Gasteiger partial charge in [-0.1, -0.05) is 18.2 Å². The Hall–Kier alpha value is -3.98. The van der Waals surface area contributed by atoms with Gasteiger partial charge in [0.25, 0.3) is 10.0 Å². The summed E-state index contributed by atoms with van der Waals surface area (Å²) in [7, 11) is -1.16. The molecule has 0 aliphatic heterocycles. The Bertz CT molecular complexity index is 2080. The molecule has 6 rings (SSSR count). The molecule has 1 aliphatic carbocycles. The van der Waals surface area contributed by atoms with Gasteiger partial charge in [-0.2, -0.15) is 4.39 Å². The average molecular weight is 675 g/mol. The molecule has 0 spiro atoms. The number of halogens is 2. The van der Waals surface area contributed by atoms with Gasteiger partial charge in [-0.05, 0) is 61.7 Å². The van der Waals surface area contributed by atoms with Crippen LogP contribution in [0.15, 0.2) is 56.9 Å². The largest absolute Gasteiger partial charge is 0.444 e. The van der Waals surface area contributed by atoms with Gasteiger partial charge in [-0.25, -0.2) is 27.0 Å². The van der Waals surface area contributed by atoms with Crippen LogP contribution in [0.25, 0.3) is 33.3 Å². The molecule has 0 atom stereocenters. The fourth-order valence-corrected chi connectivity index (χ4v) is 7.89. The molecule has 4 heterocycles. The fourth-order valence-electron chi connectivity index (χ4n) is 5.51. The van der Waals surface area contributed by atoms with Crippen LogP contribution in [0.1, 0.15) is 39.7 Å². The van der Waals surface area contributed by atoms with E-state index >= 15 is 4.39 Å². The van der Waals surface area contributed by atoms with Crippen LogP contribution in [0.4, 0.5) is 9.18 Å². The van der Waals surface area contributed by atoms with Gasteiger partial charge in [0.2, 0.25) is 5.95 Å². The quantitative estimate of drug-likeness (QED) is 0.291. The molecular weight excluding hydrogens is 645 g/mol. The van der Waals surface area contributed by atoms with Crippen LogP contribution in [0.3, 0.4) is 0 Å². The van der Waals surface area contributed by atoms with Crippen molar-refractivity contribution in [2.45, 2.75) is 56.2 Å². The number of alkyl carbamates (subject to hydrolysis) is 1. The Labute approximate surface area is 254 Å². The molecule has 0 radical (unpaired) electrons. The summed E-state index contributed by atoms with van der Waals surface area (Å²) in [5.41, 5.74) is -0.121. The number of amides is 1. The lowest BCUT2D eigenvalue weighted by molar-refractivity contribution is 0.0456. The second-order valence-electron chi connectivity index (χ2n) is 11.6. The summed E-state index contributed by atoms with van der Waals surface area (Å²) < 4.78 is 54.4. The predicted molar refractivity (Wildman–Crippen MR) is 161 cm³/mol. The highest BCUT2D eigenvalue weighted by molar-refractivity contribution is 9.10. The Morgan fingerprint density at radius 1 is 1.16 bits per heavy atom. The minimum Gasteiger partial charge on any atom is -0.444 e. The summed E-state index contributed by atoms with van der Waals surface area (Å²) in [6.45, 7) is 5.33. The van der Waals surface area contributed by atoms with Gasteiger partial charge in [0, 0.05) is 32.4 Å². The van der Waals surface area contributed by atoms with Crippen molar-refractivity contribution in [2.75, 3.05) is 0 Å². The van der Waals surface area contributed by atoms with Crippen molar-refractivity contribution in [3.05, 3.63) is 63.6 Å². The third kappa shape index (κ3) is 4.74. The minimum absolute atomic E-state index is 0.00890. The van der Waals surface area contributed by atoms with Crippen molar-refractivity contribution in [2.24, 2.45) is 14.1 Å². The number of nitrogens with zero attached hydrogens (tertiary/aromatic N) is 6. The average Bonchev–Trinajstić information content (AvgIpc) is 3.49. The van der Waals surface area contributed by atoms with E-state index in [2.05, 4.69) is 31.3 Å². The first-order valence-corrected chi connectivity index (χ1v) is 15.7. The lowest BCUT2D eigenvalue weighted by Gasteiger charge is -2.36. The molecule has 43 heavy (non-hydrogen) atoms. The number of carbonyl (C=O) groups is 1. The minimum atomic E-state index is -4.30. The maximum absolute atomic E-state index is 15.2. The number of fused-ring (bicyclic) bond motifs is 3. The molecule has 1 aromatic carbocycles. The summed E-state index contributed by atoms with van der Waals surface area (Å²) in [5.74, 6) is -0.868. The summed E-state index contributed by atoms with van der Waals surface area (Å²) >= 11 is 3.57. The van der Waals surface area contributed by atoms with Gasteiger partial charge in [-0.3, -0.25) is 13.8 Å². The monoisotopic (exact) mass is 673 g/mol. The lowest BCUT2D eigenvalue weighted by Crippen LogP contribution is -2.48. The summed E-state index contributed by atoms with van der Waals surface area (Å²) in [6.07, 6.45) is 3.19. The molecule has 1 N–H and O–H groups in total. The maximum atomic E-state index is 15.2. The first kappa shape index (κ1) is 29.1.